The van der Waals surface area contributed by atoms with Crippen molar-refractivity contribution in [2.75, 3.05) is 38.0 Å². The molecule has 8 heteroatoms. The number of hydrogen-bond donors (Lipinski definition) is 2. The van der Waals surface area contributed by atoms with Gasteiger partial charge >= 0.3 is 12.2 Å². The zero-order valence-corrected chi connectivity index (χ0v) is 12.8. The molecule has 23 heavy (non-hydrogen) atoms. The molecule has 2 rings (SSSR count). The maximum absolute atomic E-state index is 12.9. The first kappa shape index (κ1) is 17.6. The van der Waals surface area contributed by atoms with Gasteiger partial charge in [0.2, 0.25) is 0 Å². The number of aliphatic hydroxyl groups is 1. The number of para-hydroxylation sites is 1. The van der Waals surface area contributed by atoms with E-state index in [9.17, 15) is 23.1 Å². The van der Waals surface area contributed by atoms with Crippen molar-refractivity contribution in [3.05, 3.63) is 29.8 Å². The number of carbonyl (C=O) groups excluding carboxylic acids is 1. The molecule has 0 bridgehead atoms. The van der Waals surface area contributed by atoms with E-state index in [4.69, 9.17) is 0 Å². The Morgan fingerprint density at radius 2 is 1.87 bits per heavy atom. The van der Waals surface area contributed by atoms with Gasteiger partial charge in [0.05, 0.1) is 17.4 Å². The molecule has 1 aliphatic heterocycles. The first-order valence-corrected chi connectivity index (χ1v) is 7.40. The number of β-amino-alcohol motifs (C(OH)–C–C–N with tert-alkyl or cyclic N) is 1. The van der Waals surface area contributed by atoms with Crippen molar-refractivity contribution in [2.45, 2.75) is 19.2 Å². The van der Waals surface area contributed by atoms with Crippen LogP contribution in [0.4, 0.5) is 23.7 Å². The van der Waals surface area contributed by atoms with E-state index < -0.39 is 23.9 Å². The minimum absolute atomic E-state index is 0.239. The van der Waals surface area contributed by atoms with Crippen LogP contribution in [0.1, 0.15) is 12.5 Å². The van der Waals surface area contributed by atoms with E-state index in [1.54, 1.807) is 6.92 Å². The summed E-state index contributed by atoms with van der Waals surface area (Å²) in [5.74, 6) is 0. The fourth-order valence-electron chi connectivity index (χ4n) is 2.54. The summed E-state index contributed by atoms with van der Waals surface area (Å²) in [6.45, 7) is 4.19. The summed E-state index contributed by atoms with van der Waals surface area (Å²) in [7, 11) is 0. The van der Waals surface area contributed by atoms with Gasteiger partial charge in [-0.1, -0.05) is 12.1 Å². The van der Waals surface area contributed by atoms with E-state index >= 15 is 0 Å². The van der Waals surface area contributed by atoms with Gasteiger partial charge < -0.3 is 15.3 Å². The molecule has 0 aromatic heterocycles. The lowest BCUT2D eigenvalue weighted by Gasteiger charge is -2.35. The number of anilines is 1. The van der Waals surface area contributed by atoms with Gasteiger partial charge in [-0.3, -0.25) is 4.90 Å². The van der Waals surface area contributed by atoms with Gasteiger partial charge in [0, 0.05) is 32.7 Å². The molecule has 0 spiro atoms. The van der Waals surface area contributed by atoms with Crippen LogP contribution in [0.25, 0.3) is 0 Å². The molecule has 0 unspecified atom stereocenters. The summed E-state index contributed by atoms with van der Waals surface area (Å²) >= 11 is 0. The highest BCUT2D eigenvalue weighted by molar-refractivity contribution is 5.90. The van der Waals surface area contributed by atoms with Crippen molar-refractivity contribution in [1.82, 2.24) is 9.80 Å². The van der Waals surface area contributed by atoms with Crippen molar-refractivity contribution in [3.63, 3.8) is 0 Å². The van der Waals surface area contributed by atoms with Crippen molar-refractivity contribution in [3.8, 4) is 0 Å². The van der Waals surface area contributed by atoms with Crippen LogP contribution in [-0.4, -0.2) is 59.8 Å². The highest BCUT2D eigenvalue weighted by Crippen LogP contribution is 2.34. The lowest BCUT2D eigenvalue weighted by atomic mass is 10.1. The summed E-state index contributed by atoms with van der Waals surface area (Å²) in [5, 5.41) is 11.7. The number of carbonyl (C=O) groups is 1. The first-order chi connectivity index (χ1) is 10.8. The highest BCUT2D eigenvalue weighted by atomic mass is 19.4. The minimum atomic E-state index is -4.51. The molecule has 1 aromatic rings. The van der Waals surface area contributed by atoms with Gasteiger partial charge in [-0.25, -0.2) is 4.79 Å². The van der Waals surface area contributed by atoms with Crippen molar-refractivity contribution in [2.24, 2.45) is 0 Å². The highest BCUT2D eigenvalue weighted by Gasteiger charge is 2.34. The number of halogens is 3. The van der Waals surface area contributed by atoms with Crippen LogP contribution >= 0.6 is 0 Å². The minimum Gasteiger partial charge on any atom is -0.392 e. The second-order valence-corrected chi connectivity index (χ2v) is 5.61. The number of urea groups is 1. The summed E-state index contributed by atoms with van der Waals surface area (Å²) in [5.41, 5.74) is -1.10. The number of alkyl halides is 3. The number of nitrogens with one attached hydrogen (secondary N) is 1. The van der Waals surface area contributed by atoms with E-state index in [0.717, 1.165) is 6.07 Å². The van der Waals surface area contributed by atoms with Crippen molar-refractivity contribution >= 4 is 11.7 Å². The maximum Gasteiger partial charge on any atom is 0.418 e. The van der Waals surface area contributed by atoms with Gasteiger partial charge in [-0.15, -0.1) is 0 Å². The third-order valence-corrected chi connectivity index (χ3v) is 3.66. The Morgan fingerprint density at radius 3 is 2.43 bits per heavy atom. The summed E-state index contributed by atoms with van der Waals surface area (Å²) < 4.78 is 38.8. The number of aliphatic hydroxyl groups excluding tert-OH is 1. The molecule has 0 radical (unpaired) electrons. The summed E-state index contributed by atoms with van der Waals surface area (Å²) in [6.07, 6.45) is -4.96. The molecule has 2 N–H and O–H groups in total. The van der Waals surface area contributed by atoms with Crippen molar-refractivity contribution in [1.29, 1.82) is 0 Å². The molecular formula is C15H20F3N3O2. The number of piperazine rings is 1. The molecular weight excluding hydrogens is 311 g/mol. The Bertz CT molecular complexity index is 541. The van der Waals surface area contributed by atoms with Crippen LogP contribution in [0, 0.1) is 0 Å². The van der Waals surface area contributed by atoms with E-state index in [1.165, 1.54) is 23.1 Å². The number of benzene rings is 1. The van der Waals surface area contributed by atoms with Crippen LogP contribution in [0.5, 0.6) is 0 Å². The van der Waals surface area contributed by atoms with E-state index in [2.05, 4.69) is 5.32 Å². The SMILES string of the molecule is C[C@H](O)CN1CCN(C(=O)Nc2ccccc2C(F)(F)F)CC1. The third-order valence-electron chi connectivity index (χ3n) is 3.66. The van der Waals surface area contributed by atoms with Gasteiger partial charge in [0.25, 0.3) is 0 Å². The lowest BCUT2D eigenvalue weighted by Crippen LogP contribution is -2.51. The molecule has 1 atom stereocenters. The van der Waals surface area contributed by atoms with E-state index in [-0.39, 0.29) is 5.69 Å². The predicted molar refractivity (Wildman–Crippen MR) is 80.2 cm³/mol. The topological polar surface area (TPSA) is 55.8 Å². The molecule has 128 valence electrons. The number of hydrogen-bond acceptors (Lipinski definition) is 3. The molecule has 0 aliphatic carbocycles. The van der Waals surface area contributed by atoms with Crippen LogP contribution in [0.3, 0.4) is 0 Å². The first-order valence-electron chi connectivity index (χ1n) is 7.40. The zero-order chi connectivity index (χ0) is 17.0. The second kappa shape index (κ2) is 7.18. The largest absolute Gasteiger partial charge is 0.418 e. The molecule has 1 heterocycles. The Labute approximate surface area is 132 Å². The molecule has 1 aromatic carbocycles. The smallest absolute Gasteiger partial charge is 0.392 e. The Morgan fingerprint density at radius 1 is 1.26 bits per heavy atom. The summed E-state index contributed by atoms with van der Waals surface area (Å²) in [4.78, 5) is 15.6. The van der Waals surface area contributed by atoms with Gasteiger partial charge in [0.15, 0.2) is 0 Å². The molecule has 5 nitrogen and oxygen atoms in total. The fourth-order valence-corrected chi connectivity index (χ4v) is 2.54. The van der Waals surface area contributed by atoms with Crippen LogP contribution in [0.2, 0.25) is 0 Å². The quantitative estimate of drug-likeness (QED) is 0.893. The predicted octanol–water partition coefficient (Wildman–Crippen LogP) is 2.24. The standard InChI is InChI=1S/C15H20F3N3O2/c1-11(22)10-20-6-8-21(9-7-20)14(23)19-13-5-3-2-4-12(13)15(16,17)18/h2-5,11,22H,6-10H2,1H3,(H,19,23)/t11-/m0/s1. The summed E-state index contributed by atoms with van der Waals surface area (Å²) in [6, 6.07) is 4.37. The third kappa shape index (κ3) is 4.84. The van der Waals surface area contributed by atoms with Gasteiger partial charge in [-0.2, -0.15) is 13.2 Å². The van der Waals surface area contributed by atoms with Crippen LogP contribution in [-0.2, 0) is 6.18 Å². The molecule has 2 amide bonds. The van der Waals surface area contributed by atoms with Gasteiger partial charge in [0.1, 0.15) is 0 Å². The molecule has 1 saturated heterocycles. The number of nitrogens with zero attached hydrogens (tertiary/aromatic N) is 2. The Kier molecular flexibility index (Phi) is 5.48. The fraction of sp³-hybridized carbons (Fsp3) is 0.533. The monoisotopic (exact) mass is 331 g/mol. The molecule has 1 aliphatic rings. The average molecular weight is 331 g/mol. The van der Waals surface area contributed by atoms with Gasteiger partial charge in [-0.05, 0) is 19.1 Å². The Hall–Kier alpha value is -1.80. The van der Waals surface area contributed by atoms with Crippen LogP contribution < -0.4 is 5.32 Å². The Balaban J connectivity index is 1.96. The van der Waals surface area contributed by atoms with E-state index in [1.807, 2.05) is 4.90 Å². The maximum atomic E-state index is 12.9. The molecule has 1 fully saturated rings. The number of amides is 2. The zero-order valence-electron chi connectivity index (χ0n) is 12.8. The molecule has 0 saturated carbocycles. The second-order valence-electron chi connectivity index (χ2n) is 5.61. The normalized spacial score (nSPS) is 17.9. The lowest BCUT2D eigenvalue weighted by molar-refractivity contribution is -0.136. The average Bonchev–Trinajstić information content (AvgIpc) is 2.46. The van der Waals surface area contributed by atoms with Crippen LogP contribution in [0.15, 0.2) is 24.3 Å². The van der Waals surface area contributed by atoms with Crippen molar-refractivity contribution < 1.29 is 23.1 Å². The number of rotatable bonds is 3. The van der Waals surface area contributed by atoms with E-state index in [0.29, 0.717) is 32.7 Å².